The zero-order chi connectivity index (χ0) is 17.3. The molecule has 1 saturated carbocycles. The third kappa shape index (κ3) is 3.12. The van der Waals surface area contributed by atoms with Gasteiger partial charge in [0, 0.05) is 56.3 Å². The Morgan fingerprint density at radius 2 is 1.65 bits per heavy atom. The summed E-state index contributed by atoms with van der Waals surface area (Å²) < 4.78 is 0. The van der Waals surface area contributed by atoms with E-state index in [-0.39, 0.29) is 0 Å². The van der Waals surface area contributed by atoms with Gasteiger partial charge in [-0.15, -0.1) is 10.2 Å². The van der Waals surface area contributed by atoms with Crippen molar-refractivity contribution in [3.05, 3.63) is 41.8 Å². The normalized spacial score (nSPS) is 17.5. The Hall–Kier alpha value is -2.61. The van der Waals surface area contributed by atoms with E-state index in [4.69, 9.17) is 4.98 Å². The summed E-state index contributed by atoms with van der Waals surface area (Å²) in [5.74, 6) is 1.46. The first-order valence-electron chi connectivity index (χ1n) is 8.93. The van der Waals surface area contributed by atoms with Crippen LogP contribution in [0.4, 0.5) is 11.1 Å². The highest BCUT2D eigenvalue weighted by Gasteiger charge is 2.29. The van der Waals surface area contributed by atoms with Gasteiger partial charge in [-0.25, -0.2) is 9.97 Å². The molecular formula is C18H19N7S. The van der Waals surface area contributed by atoms with Gasteiger partial charge in [-0.1, -0.05) is 11.3 Å². The summed E-state index contributed by atoms with van der Waals surface area (Å²) in [6.07, 6.45) is 7.94. The molecule has 26 heavy (non-hydrogen) atoms. The van der Waals surface area contributed by atoms with Crippen LogP contribution in [0.25, 0.3) is 11.3 Å². The largest absolute Gasteiger partial charge is 0.343 e. The molecule has 2 aliphatic rings. The van der Waals surface area contributed by atoms with E-state index in [0.717, 1.165) is 48.5 Å². The Bertz CT molecular complexity index is 885. The number of nitrogens with zero attached hydrogens (tertiary/aromatic N) is 7. The van der Waals surface area contributed by atoms with Crippen LogP contribution in [0.5, 0.6) is 0 Å². The van der Waals surface area contributed by atoms with Crippen molar-refractivity contribution in [3.8, 4) is 11.3 Å². The van der Waals surface area contributed by atoms with E-state index in [1.165, 1.54) is 17.8 Å². The molecule has 0 N–H and O–H groups in total. The van der Waals surface area contributed by atoms with Gasteiger partial charge >= 0.3 is 0 Å². The number of anilines is 2. The lowest BCUT2D eigenvalue weighted by Crippen LogP contribution is -2.47. The number of rotatable bonds is 4. The highest BCUT2D eigenvalue weighted by Crippen LogP contribution is 2.42. The smallest absolute Gasteiger partial charge is 0.225 e. The van der Waals surface area contributed by atoms with Crippen LogP contribution in [0.2, 0.25) is 0 Å². The number of pyridine rings is 1. The van der Waals surface area contributed by atoms with Gasteiger partial charge in [0.05, 0.1) is 5.69 Å². The maximum absolute atomic E-state index is 4.74. The zero-order valence-electron chi connectivity index (χ0n) is 14.3. The fraction of sp³-hybridized carbons (Fsp3) is 0.389. The van der Waals surface area contributed by atoms with Crippen LogP contribution in [-0.2, 0) is 0 Å². The van der Waals surface area contributed by atoms with E-state index >= 15 is 0 Å². The van der Waals surface area contributed by atoms with Crippen LogP contribution in [0.1, 0.15) is 23.8 Å². The molecule has 0 radical (unpaired) electrons. The summed E-state index contributed by atoms with van der Waals surface area (Å²) in [4.78, 5) is 17.9. The maximum atomic E-state index is 4.74. The van der Waals surface area contributed by atoms with Crippen LogP contribution in [-0.4, -0.2) is 51.3 Å². The molecule has 3 aromatic heterocycles. The lowest BCUT2D eigenvalue weighted by Gasteiger charge is -2.34. The SMILES string of the molecule is c1cc(-c2ccnc(N3CCN(c4nnc(C5CC5)s4)CC3)n2)ccn1. The van der Waals surface area contributed by atoms with Gasteiger partial charge in [0.1, 0.15) is 5.01 Å². The van der Waals surface area contributed by atoms with E-state index in [1.54, 1.807) is 23.7 Å². The maximum Gasteiger partial charge on any atom is 0.225 e. The lowest BCUT2D eigenvalue weighted by molar-refractivity contribution is 0.637. The van der Waals surface area contributed by atoms with Crippen molar-refractivity contribution in [2.75, 3.05) is 36.0 Å². The first-order valence-corrected chi connectivity index (χ1v) is 9.75. The predicted molar refractivity (Wildman–Crippen MR) is 102 cm³/mol. The molecule has 0 amide bonds. The molecule has 1 aliphatic carbocycles. The second kappa shape index (κ2) is 6.60. The average molecular weight is 365 g/mol. The molecule has 4 heterocycles. The molecule has 5 rings (SSSR count). The van der Waals surface area contributed by atoms with Gasteiger partial charge in [0.15, 0.2) is 0 Å². The molecule has 0 bridgehead atoms. The van der Waals surface area contributed by atoms with Crippen LogP contribution in [0.15, 0.2) is 36.8 Å². The molecule has 0 spiro atoms. The van der Waals surface area contributed by atoms with E-state index in [2.05, 4.69) is 30.0 Å². The minimum atomic E-state index is 0.673. The molecule has 0 unspecified atom stereocenters. The van der Waals surface area contributed by atoms with E-state index in [1.807, 2.05) is 24.4 Å². The minimum Gasteiger partial charge on any atom is -0.343 e. The highest BCUT2D eigenvalue weighted by molar-refractivity contribution is 7.15. The van der Waals surface area contributed by atoms with Gasteiger partial charge in [-0.2, -0.15) is 0 Å². The average Bonchev–Trinajstić information content (AvgIpc) is 3.46. The molecule has 1 saturated heterocycles. The van der Waals surface area contributed by atoms with Crippen molar-refractivity contribution in [2.24, 2.45) is 0 Å². The molecule has 2 fully saturated rings. The van der Waals surface area contributed by atoms with Crippen LogP contribution < -0.4 is 9.80 Å². The fourth-order valence-corrected chi connectivity index (χ4v) is 4.20. The highest BCUT2D eigenvalue weighted by atomic mass is 32.1. The standard InChI is InChI=1S/C18H19N7S/c1-2-14(1)16-22-23-18(26-16)25-11-9-24(10-12-25)17-20-8-5-15(21-17)13-3-6-19-7-4-13/h3-8,14H,1-2,9-12H2. The van der Waals surface area contributed by atoms with Crippen molar-refractivity contribution < 1.29 is 0 Å². The van der Waals surface area contributed by atoms with Crippen LogP contribution >= 0.6 is 11.3 Å². The topological polar surface area (TPSA) is 70.9 Å². The van der Waals surface area contributed by atoms with Gasteiger partial charge in [0.2, 0.25) is 11.1 Å². The summed E-state index contributed by atoms with van der Waals surface area (Å²) in [7, 11) is 0. The Labute approximate surface area is 155 Å². The summed E-state index contributed by atoms with van der Waals surface area (Å²) >= 11 is 1.75. The zero-order valence-corrected chi connectivity index (χ0v) is 15.1. The number of hydrogen-bond acceptors (Lipinski definition) is 8. The summed E-state index contributed by atoms with van der Waals surface area (Å²) in [5.41, 5.74) is 1.99. The van der Waals surface area contributed by atoms with Gasteiger partial charge in [-0.3, -0.25) is 4.98 Å². The third-order valence-corrected chi connectivity index (χ3v) is 5.96. The first kappa shape index (κ1) is 15.6. The van der Waals surface area contributed by atoms with Crippen molar-refractivity contribution in [1.29, 1.82) is 0 Å². The van der Waals surface area contributed by atoms with Crippen LogP contribution in [0, 0.1) is 0 Å². The predicted octanol–water partition coefficient (Wildman–Crippen LogP) is 2.59. The Morgan fingerprint density at radius 3 is 2.42 bits per heavy atom. The number of hydrogen-bond donors (Lipinski definition) is 0. The third-order valence-electron chi connectivity index (χ3n) is 4.81. The van der Waals surface area contributed by atoms with Gasteiger partial charge < -0.3 is 9.80 Å². The monoisotopic (exact) mass is 365 g/mol. The minimum absolute atomic E-state index is 0.673. The van der Waals surface area contributed by atoms with E-state index in [9.17, 15) is 0 Å². The van der Waals surface area contributed by atoms with Crippen molar-refractivity contribution in [2.45, 2.75) is 18.8 Å². The number of piperazine rings is 1. The molecule has 0 atom stereocenters. The summed E-state index contributed by atoms with van der Waals surface area (Å²) in [6.45, 7) is 3.61. The first-order chi connectivity index (χ1) is 12.9. The fourth-order valence-electron chi connectivity index (χ4n) is 3.13. The van der Waals surface area contributed by atoms with Gasteiger partial charge in [-0.05, 0) is 31.0 Å². The summed E-state index contributed by atoms with van der Waals surface area (Å²) in [6, 6.07) is 5.88. The summed E-state index contributed by atoms with van der Waals surface area (Å²) in [5, 5.41) is 11.0. The second-order valence-electron chi connectivity index (χ2n) is 6.65. The van der Waals surface area contributed by atoms with Crippen molar-refractivity contribution >= 4 is 22.4 Å². The van der Waals surface area contributed by atoms with Crippen molar-refractivity contribution in [3.63, 3.8) is 0 Å². The molecule has 8 heteroatoms. The molecule has 1 aliphatic heterocycles. The second-order valence-corrected chi connectivity index (χ2v) is 7.64. The Kier molecular flexibility index (Phi) is 3.97. The quantitative estimate of drug-likeness (QED) is 0.704. The molecule has 0 aromatic carbocycles. The van der Waals surface area contributed by atoms with Crippen molar-refractivity contribution in [1.82, 2.24) is 25.1 Å². The van der Waals surface area contributed by atoms with Crippen LogP contribution in [0.3, 0.4) is 0 Å². The Balaban J connectivity index is 1.27. The molecule has 132 valence electrons. The van der Waals surface area contributed by atoms with Gasteiger partial charge in [0.25, 0.3) is 0 Å². The Morgan fingerprint density at radius 1 is 0.885 bits per heavy atom. The number of aromatic nitrogens is 5. The molecular weight excluding hydrogens is 346 g/mol. The molecule has 7 nitrogen and oxygen atoms in total. The lowest BCUT2D eigenvalue weighted by atomic mass is 10.2. The van der Waals surface area contributed by atoms with E-state index < -0.39 is 0 Å². The van der Waals surface area contributed by atoms with E-state index in [0.29, 0.717) is 5.92 Å². The molecule has 3 aromatic rings.